The highest BCUT2D eigenvalue weighted by molar-refractivity contribution is 5.77. The summed E-state index contributed by atoms with van der Waals surface area (Å²) in [5, 5.41) is 27.0. The lowest BCUT2D eigenvalue weighted by molar-refractivity contribution is -0.275. The molecule has 1 saturated heterocycles. The highest BCUT2D eigenvalue weighted by atomic mass is 19.4. The zero-order valence-corrected chi connectivity index (χ0v) is 44.8. The SMILES string of the molecule is C[C@H](C(=O)O)[C@H](c1ccc2c(c1)O[C@@H](C1CCN(Cc3cc(-n4cc(CCCCCCCCCCCCC(=O)NCCN(CCC(=O)NCCN)CCC(=O)NCCN)nn4)ccc3OC(F)(F)F)CC1)CC2)C1CC1. The van der Waals surface area contributed by atoms with Crippen molar-refractivity contribution in [2.45, 2.75) is 160 Å². The molecule has 17 nitrogen and oxygen atoms in total. The number of nitrogens with one attached hydrogen (secondary N) is 3. The fourth-order valence-corrected chi connectivity index (χ4v) is 10.7. The number of amides is 3. The summed E-state index contributed by atoms with van der Waals surface area (Å²) in [4.78, 5) is 52.8. The van der Waals surface area contributed by atoms with Crippen molar-refractivity contribution >= 4 is 23.7 Å². The number of halogens is 3. The smallest absolute Gasteiger partial charge is 0.490 e. The Morgan fingerprint density at radius 3 is 2.03 bits per heavy atom. The van der Waals surface area contributed by atoms with Gasteiger partial charge in [-0.15, -0.1) is 18.3 Å². The molecule has 76 heavy (non-hydrogen) atoms. The number of hydrogen-bond donors (Lipinski definition) is 6. The van der Waals surface area contributed by atoms with Gasteiger partial charge in [-0.2, -0.15) is 0 Å². The topological polar surface area (TPSA) is 232 Å². The van der Waals surface area contributed by atoms with Crippen molar-refractivity contribution in [3.8, 4) is 17.2 Å². The summed E-state index contributed by atoms with van der Waals surface area (Å²) in [6, 6.07) is 10.9. The van der Waals surface area contributed by atoms with Crippen molar-refractivity contribution in [3.63, 3.8) is 0 Å². The molecular weight excluding hydrogens is 982 g/mol. The first-order valence-corrected chi connectivity index (χ1v) is 28.2. The highest BCUT2D eigenvalue weighted by Crippen LogP contribution is 2.48. The van der Waals surface area contributed by atoms with Gasteiger partial charge in [0.25, 0.3) is 0 Å². The van der Waals surface area contributed by atoms with Crippen LogP contribution in [-0.4, -0.2) is 132 Å². The molecule has 1 aliphatic carbocycles. The monoisotopic (exact) mass is 1070 g/mol. The van der Waals surface area contributed by atoms with Crippen molar-refractivity contribution in [2.75, 3.05) is 65.4 Å². The Morgan fingerprint density at radius 2 is 1.41 bits per heavy atom. The lowest BCUT2D eigenvalue weighted by atomic mass is 9.81. The van der Waals surface area contributed by atoms with Crippen molar-refractivity contribution in [1.82, 2.24) is 40.7 Å². The van der Waals surface area contributed by atoms with Gasteiger partial charge in [-0.3, -0.25) is 24.1 Å². The molecule has 2 fully saturated rings. The molecule has 1 aromatic heterocycles. The van der Waals surface area contributed by atoms with Gasteiger partial charge in [-0.1, -0.05) is 75.6 Å². The van der Waals surface area contributed by atoms with E-state index in [-0.39, 0.29) is 48.3 Å². The minimum atomic E-state index is -4.83. The summed E-state index contributed by atoms with van der Waals surface area (Å²) < 4.78 is 53.6. The maximum Gasteiger partial charge on any atom is 0.573 e. The van der Waals surface area contributed by atoms with Gasteiger partial charge in [-0.25, -0.2) is 4.68 Å². The van der Waals surface area contributed by atoms with Crippen molar-refractivity contribution in [3.05, 3.63) is 65.0 Å². The number of carboxylic acid groups (broad SMARTS) is 1. The first-order chi connectivity index (χ1) is 36.7. The minimum absolute atomic E-state index is 0.00797. The van der Waals surface area contributed by atoms with Crippen molar-refractivity contribution in [1.29, 1.82) is 0 Å². The van der Waals surface area contributed by atoms with E-state index < -0.39 is 18.2 Å². The Morgan fingerprint density at radius 1 is 0.789 bits per heavy atom. The van der Waals surface area contributed by atoms with Crippen LogP contribution < -0.4 is 36.9 Å². The quantitative estimate of drug-likeness (QED) is 0.0321. The van der Waals surface area contributed by atoms with E-state index in [1.807, 2.05) is 11.1 Å². The predicted octanol–water partition coefficient (Wildman–Crippen LogP) is 7.17. The van der Waals surface area contributed by atoms with Gasteiger partial charge in [-0.05, 0) is 124 Å². The number of unbranched alkanes of at least 4 members (excludes halogenated alkanes) is 9. The van der Waals surface area contributed by atoms with Crippen LogP contribution in [0, 0.1) is 17.8 Å². The molecule has 3 heterocycles. The third-order valence-electron chi connectivity index (χ3n) is 15.2. The number of carboxylic acids is 1. The molecule has 2 aromatic carbocycles. The molecule has 3 aromatic rings. The number of carbonyl (C=O) groups is 4. The van der Waals surface area contributed by atoms with Gasteiger partial charge in [0.15, 0.2) is 0 Å². The molecular formula is C56H85F3N10O7. The van der Waals surface area contributed by atoms with Crippen LogP contribution >= 0.6 is 0 Å². The Labute approximate surface area is 447 Å². The maximum atomic E-state index is 13.6. The lowest BCUT2D eigenvalue weighted by Gasteiger charge is -2.38. The number of nitrogens with two attached hydrogens (primary N) is 2. The van der Waals surface area contributed by atoms with Gasteiger partial charge < -0.3 is 46.9 Å². The predicted molar refractivity (Wildman–Crippen MR) is 285 cm³/mol. The third kappa shape index (κ3) is 20.6. The van der Waals surface area contributed by atoms with E-state index >= 15 is 0 Å². The van der Waals surface area contributed by atoms with Crippen LogP contribution in [0.25, 0.3) is 5.69 Å². The van der Waals surface area contributed by atoms with Crippen LogP contribution in [0.5, 0.6) is 11.5 Å². The molecule has 6 rings (SSSR count). The number of nitrogens with zero attached hydrogens (tertiary/aromatic N) is 5. The zero-order chi connectivity index (χ0) is 54.3. The molecule has 8 N–H and O–H groups in total. The summed E-state index contributed by atoms with van der Waals surface area (Å²) in [5.74, 6) is -0.144. The fraction of sp³-hybridized carbons (Fsp3) is 0.679. The molecule has 20 heteroatoms. The van der Waals surface area contributed by atoms with Gasteiger partial charge in [0.1, 0.15) is 17.6 Å². The number of aliphatic carboxylic acids is 1. The number of hydrogen-bond acceptors (Lipinski definition) is 12. The second kappa shape index (κ2) is 31.2. The van der Waals surface area contributed by atoms with Crippen molar-refractivity contribution < 1.29 is 46.9 Å². The normalized spacial score (nSPS) is 16.9. The largest absolute Gasteiger partial charge is 0.573 e. The summed E-state index contributed by atoms with van der Waals surface area (Å²) in [7, 11) is 0. The number of rotatable bonds is 35. The first kappa shape index (κ1) is 59.9. The van der Waals surface area contributed by atoms with E-state index in [1.165, 1.54) is 6.07 Å². The number of benzene rings is 2. The van der Waals surface area contributed by atoms with Crippen LogP contribution in [0.4, 0.5) is 13.2 Å². The molecule has 0 bridgehead atoms. The molecule has 0 radical (unpaired) electrons. The standard InChI is InChI=1S/C56H85F3N10O7/c1-40(55(73)74)54(43-15-16-43)44-17-14-41-18-20-48(75-50(41)37-44)42-22-31-68(32-23-42)38-45-36-47(19-21-49(45)76-56(57,58)59)69-39-46(65-66-69)12-10-8-6-4-2-3-5-7-9-11-13-51(70)64-30-35-67(33-24-52(71)62-28-26-60)34-25-53(72)63-29-27-61/h14,17,19,21,36-37,39-40,42-43,48,54H,2-13,15-16,18,20,22-35,38,60-61H2,1H3,(H,62,71)(H,63,72)(H,64,70)(H,73,74)/t40-,48+,54-/m0/s1. The number of aryl methyl sites for hydroxylation is 2. The van der Waals surface area contributed by atoms with Gasteiger partial charge in [0, 0.05) is 83.7 Å². The van der Waals surface area contributed by atoms with E-state index in [2.05, 4.69) is 54.1 Å². The molecule has 1 saturated carbocycles. The summed E-state index contributed by atoms with van der Waals surface area (Å²) in [6.45, 7) is 6.98. The highest BCUT2D eigenvalue weighted by Gasteiger charge is 2.40. The maximum absolute atomic E-state index is 13.6. The van der Waals surface area contributed by atoms with Crippen LogP contribution in [0.3, 0.4) is 0 Å². The van der Waals surface area contributed by atoms with E-state index in [4.69, 9.17) is 16.2 Å². The molecule has 0 spiro atoms. The first-order valence-electron chi connectivity index (χ1n) is 28.2. The Bertz CT molecular complexity index is 2250. The van der Waals surface area contributed by atoms with Crippen LogP contribution in [0.15, 0.2) is 42.6 Å². The zero-order valence-electron chi connectivity index (χ0n) is 44.8. The summed E-state index contributed by atoms with van der Waals surface area (Å²) in [6.07, 6.45) is 15.1. The average molecular weight is 1070 g/mol. The van der Waals surface area contributed by atoms with Crippen LogP contribution in [-0.2, 0) is 38.6 Å². The van der Waals surface area contributed by atoms with Gasteiger partial charge >= 0.3 is 12.3 Å². The molecule has 422 valence electrons. The van der Waals surface area contributed by atoms with Crippen molar-refractivity contribution in [2.24, 2.45) is 29.2 Å². The number of fused-ring (bicyclic) bond motifs is 1. The summed E-state index contributed by atoms with van der Waals surface area (Å²) >= 11 is 0. The Kier molecular flexibility index (Phi) is 24.6. The van der Waals surface area contributed by atoms with Gasteiger partial charge in [0.05, 0.1) is 23.5 Å². The number of alkyl halides is 3. The molecule has 2 aliphatic heterocycles. The molecule has 3 aliphatic rings. The average Bonchev–Trinajstić information content (AvgIpc) is 4.14. The number of piperidine rings is 1. The van der Waals surface area contributed by atoms with E-state index in [1.54, 1.807) is 23.7 Å². The lowest BCUT2D eigenvalue weighted by Crippen LogP contribution is -2.40. The minimum Gasteiger partial charge on any atom is -0.490 e. The van der Waals surface area contributed by atoms with Gasteiger partial charge in [0.2, 0.25) is 17.7 Å². The number of aromatic nitrogens is 3. The van der Waals surface area contributed by atoms with Crippen LogP contribution in [0.1, 0.15) is 151 Å². The fourth-order valence-electron chi connectivity index (χ4n) is 10.7. The third-order valence-corrected chi connectivity index (χ3v) is 15.2. The summed E-state index contributed by atoms with van der Waals surface area (Å²) in [5.41, 5.74) is 15.0. The van der Waals surface area contributed by atoms with Crippen LogP contribution in [0.2, 0.25) is 0 Å². The molecule has 3 amide bonds. The Balaban J connectivity index is 0.844. The second-order valence-corrected chi connectivity index (χ2v) is 21.2. The second-order valence-electron chi connectivity index (χ2n) is 21.2. The number of ether oxygens (including phenoxy) is 2. The number of likely N-dealkylation sites (tertiary alicyclic amines) is 1. The van der Waals surface area contributed by atoms with E-state index in [0.717, 1.165) is 132 Å². The molecule has 0 unspecified atom stereocenters. The molecule has 3 atom stereocenters. The Hall–Kier alpha value is -5.31. The van der Waals surface area contributed by atoms with E-state index in [0.29, 0.717) is 101 Å². The number of carbonyl (C=O) groups excluding carboxylic acids is 3. The van der Waals surface area contributed by atoms with E-state index in [9.17, 15) is 37.5 Å².